The predicted octanol–water partition coefficient (Wildman–Crippen LogP) is -0.00660. The zero-order valence-electron chi connectivity index (χ0n) is 12.5. The maximum absolute atomic E-state index is 11.3. The van der Waals surface area contributed by atoms with E-state index in [2.05, 4.69) is 30.9 Å². The molecule has 118 valence electrons. The van der Waals surface area contributed by atoms with Gasteiger partial charge in [-0.1, -0.05) is 15.9 Å². The lowest BCUT2D eigenvalue weighted by Gasteiger charge is -2.18. The lowest BCUT2D eigenvalue weighted by Crippen LogP contribution is -2.34. The molecular formula is C12H14BrN5O4. The van der Waals surface area contributed by atoms with E-state index in [1.165, 1.54) is 24.1 Å². The van der Waals surface area contributed by atoms with Gasteiger partial charge in [0.2, 0.25) is 0 Å². The van der Waals surface area contributed by atoms with E-state index in [9.17, 15) is 9.90 Å². The number of aromatic nitrogens is 4. The minimum absolute atomic E-state index is 0.201. The van der Waals surface area contributed by atoms with Crippen LogP contribution in [0.25, 0.3) is 11.2 Å². The van der Waals surface area contributed by atoms with Gasteiger partial charge in [-0.3, -0.25) is 9.36 Å². The number of halogens is 1. The number of esters is 1. The standard InChI is InChI=1S/C12H14BrN5O4/c1-5(20)21-9-6(2-19)22-12(7(9)13)18-4-17-8-10(14)15-3-16-11(8)18/h3-4,6-7,9,12,19H,2H2,1H3,(H2,14,15,16)/t6-,7+,9-,12-/m1/s1/i7D. The first kappa shape index (κ1) is 13.9. The van der Waals surface area contributed by atoms with Crippen molar-refractivity contribution >= 4 is 38.9 Å². The molecular weight excluding hydrogens is 358 g/mol. The third-order valence-electron chi connectivity index (χ3n) is 3.26. The van der Waals surface area contributed by atoms with Crippen LogP contribution in [0, 0.1) is 0 Å². The molecule has 0 unspecified atom stereocenters. The third kappa shape index (κ3) is 2.42. The van der Waals surface area contributed by atoms with Gasteiger partial charge in [0.1, 0.15) is 24.1 Å². The van der Waals surface area contributed by atoms with Gasteiger partial charge in [0.05, 0.1) is 19.1 Å². The number of carbonyl (C=O) groups is 1. The molecule has 3 N–H and O–H groups in total. The number of hydrogen-bond donors (Lipinski definition) is 2. The highest BCUT2D eigenvalue weighted by Gasteiger charge is 2.46. The van der Waals surface area contributed by atoms with Gasteiger partial charge < -0.3 is 20.3 Å². The Morgan fingerprint density at radius 1 is 1.64 bits per heavy atom. The van der Waals surface area contributed by atoms with E-state index < -0.39 is 35.8 Å². The monoisotopic (exact) mass is 372 g/mol. The average molecular weight is 373 g/mol. The Kier molecular flexibility index (Phi) is 3.64. The van der Waals surface area contributed by atoms with Crippen molar-refractivity contribution in [2.75, 3.05) is 12.3 Å². The molecule has 0 radical (unpaired) electrons. The summed E-state index contributed by atoms with van der Waals surface area (Å²) in [5.41, 5.74) is 6.49. The van der Waals surface area contributed by atoms with E-state index in [0.29, 0.717) is 11.2 Å². The Labute approximate surface area is 135 Å². The van der Waals surface area contributed by atoms with E-state index in [-0.39, 0.29) is 5.82 Å². The molecule has 0 saturated carbocycles. The second-order valence-electron chi connectivity index (χ2n) is 4.71. The summed E-state index contributed by atoms with van der Waals surface area (Å²) in [7, 11) is 0. The first-order chi connectivity index (χ1) is 10.9. The zero-order valence-corrected chi connectivity index (χ0v) is 13.1. The van der Waals surface area contributed by atoms with Crippen LogP contribution in [0.1, 0.15) is 14.5 Å². The summed E-state index contributed by atoms with van der Waals surface area (Å²) >= 11 is 3.24. The maximum Gasteiger partial charge on any atom is 0.303 e. The van der Waals surface area contributed by atoms with Crippen molar-refractivity contribution in [2.45, 2.75) is 30.2 Å². The number of fused-ring (bicyclic) bond motifs is 1. The van der Waals surface area contributed by atoms with Crippen LogP contribution in [0.5, 0.6) is 0 Å². The molecule has 0 amide bonds. The summed E-state index contributed by atoms with van der Waals surface area (Å²) in [4.78, 5) is 21.8. The molecule has 1 saturated heterocycles. The highest BCUT2D eigenvalue weighted by atomic mass is 79.9. The molecule has 0 bridgehead atoms. The van der Waals surface area contributed by atoms with Crippen LogP contribution in [0.15, 0.2) is 12.7 Å². The molecule has 1 aliphatic heterocycles. The SMILES string of the molecule is [2H][C@]1(Br)[C@H](OC(C)=O)[C@@H](CO)O[C@H]1n1cnc2c(N)ncnc21. The van der Waals surface area contributed by atoms with Crippen LogP contribution in [0.3, 0.4) is 0 Å². The molecule has 0 aromatic carbocycles. The van der Waals surface area contributed by atoms with Gasteiger partial charge >= 0.3 is 5.97 Å². The van der Waals surface area contributed by atoms with Crippen LogP contribution in [0.4, 0.5) is 5.82 Å². The highest BCUT2D eigenvalue weighted by Crippen LogP contribution is 2.37. The molecule has 2 aromatic heterocycles. The topological polar surface area (TPSA) is 125 Å². The largest absolute Gasteiger partial charge is 0.458 e. The number of carbonyl (C=O) groups excluding carboxylic acids is 1. The van der Waals surface area contributed by atoms with Gasteiger partial charge in [0.15, 0.2) is 17.7 Å². The predicted molar refractivity (Wildman–Crippen MR) is 79.0 cm³/mol. The van der Waals surface area contributed by atoms with Gasteiger partial charge in [-0.15, -0.1) is 0 Å². The van der Waals surface area contributed by atoms with Crippen LogP contribution < -0.4 is 5.73 Å². The summed E-state index contributed by atoms with van der Waals surface area (Å²) in [5, 5.41) is 9.46. The van der Waals surface area contributed by atoms with Gasteiger partial charge in [-0.2, -0.15) is 0 Å². The Morgan fingerprint density at radius 3 is 3.09 bits per heavy atom. The third-order valence-corrected chi connectivity index (χ3v) is 4.10. The molecule has 1 fully saturated rings. The number of aliphatic hydroxyl groups is 1. The average Bonchev–Trinajstić information content (AvgIpc) is 3.00. The van der Waals surface area contributed by atoms with E-state index in [0.717, 1.165) is 0 Å². The van der Waals surface area contributed by atoms with E-state index >= 15 is 0 Å². The lowest BCUT2D eigenvalue weighted by atomic mass is 10.2. The molecule has 0 aliphatic carbocycles. The number of rotatable bonds is 3. The van der Waals surface area contributed by atoms with Crippen molar-refractivity contribution in [1.29, 1.82) is 0 Å². The highest BCUT2D eigenvalue weighted by molar-refractivity contribution is 9.09. The number of nitrogens with zero attached hydrogens (tertiary/aromatic N) is 4. The second kappa shape index (κ2) is 5.78. The summed E-state index contributed by atoms with van der Waals surface area (Å²) in [6.07, 6.45) is -0.125. The Balaban J connectivity index is 2.05. The molecule has 0 spiro atoms. The van der Waals surface area contributed by atoms with Crippen LogP contribution in [-0.4, -0.2) is 54.2 Å². The molecule has 2 aromatic rings. The number of imidazole rings is 1. The number of hydrogen-bond acceptors (Lipinski definition) is 8. The van der Waals surface area contributed by atoms with E-state index in [1.54, 1.807) is 0 Å². The molecule has 1 aliphatic rings. The maximum atomic E-state index is 11.3. The van der Waals surface area contributed by atoms with Gasteiger partial charge in [0.25, 0.3) is 0 Å². The van der Waals surface area contributed by atoms with Crippen molar-refractivity contribution in [3.8, 4) is 0 Å². The van der Waals surface area contributed by atoms with Gasteiger partial charge in [-0.25, -0.2) is 15.0 Å². The van der Waals surface area contributed by atoms with Crippen molar-refractivity contribution in [3.63, 3.8) is 0 Å². The fourth-order valence-corrected chi connectivity index (χ4v) is 3.03. The smallest absolute Gasteiger partial charge is 0.303 e. The van der Waals surface area contributed by atoms with E-state index in [4.69, 9.17) is 16.6 Å². The molecule has 3 heterocycles. The second-order valence-corrected chi connectivity index (χ2v) is 5.62. The van der Waals surface area contributed by atoms with Crippen LogP contribution in [-0.2, 0) is 14.3 Å². The first-order valence-electron chi connectivity index (χ1n) is 6.91. The Morgan fingerprint density at radius 2 is 2.41 bits per heavy atom. The number of alkyl halides is 1. The van der Waals surface area contributed by atoms with Crippen molar-refractivity contribution in [2.24, 2.45) is 0 Å². The van der Waals surface area contributed by atoms with Crippen LogP contribution >= 0.6 is 15.9 Å². The summed E-state index contributed by atoms with van der Waals surface area (Å²) in [6, 6.07) is 0. The lowest BCUT2D eigenvalue weighted by molar-refractivity contribution is -0.150. The summed E-state index contributed by atoms with van der Waals surface area (Å²) in [6.45, 7) is 0.815. The molecule has 4 atom stereocenters. The fraction of sp³-hybridized carbons (Fsp3) is 0.500. The van der Waals surface area contributed by atoms with Crippen molar-refractivity contribution in [1.82, 2.24) is 19.5 Å². The summed E-state index contributed by atoms with van der Waals surface area (Å²) < 4.78 is 20.8. The quantitative estimate of drug-likeness (QED) is 0.569. The molecule has 22 heavy (non-hydrogen) atoms. The van der Waals surface area contributed by atoms with Gasteiger partial charge in [0, 0.05) is 6.92 Å². The number of aliphatic hydroxyl groups excluding tert-OH is 1. The number of nitrogens with two attached hydrogens (primary N) is 1. The van der Waals surface area contributed by atoms with Gasteiger partial charge in [-0.05, 0) is 0 Å². The normalized spacial score (nSPS) is 32.1. The van der Waals surface area contributed by atoms with E-state index in [1.807, 2.05) is 0 Å². The molecule has 9 nitrogen and oxygen atoms in total. The Hall–Kier alpha value is -1.78. The minimum atomic E-state index is -1.54. The minimum Gasteiger partial charge on any atom is -0.458 e. The number of anilines is 1. The van der Waals surface area contributed by atoms with Crippen molar-refractivity contribution < 1.29 is 20.7 Å². The molecule has 3 rings (SSSR count). The van der Waals surface area contributed by atoms with Crippen LogP contribution in [0.2, 0.25) is 0 Å². The zero-order chi connectivity index (χ0) is 16.8. The van der Waals surface area contributed by atoms with Crippen molar-refractivity contribution in [3.05, 3.63) is 12.7 Å². The number of ether oxygens (including phenoxy) is 2. The first-order valence-corrected chi connectivity index (χ1v) is 7.21. The Bertz CT molecular complexity index is 754. The molecule has 10 heteroatoms. The fourth-order valence-electron chi connectivity index (χ4n) is 2.31. The summed E-state index contributed by atoms with van der Waals surface area (Å²) in [5.74, 6) is -0.372. The number of nitrogen functional groups attached to an aromatic ring is 1.